The summed E-state index contributed by atoms with van der Waals surface area (Å²) >= 11 is 0. The summed E-state index contributed by atoms with van der Waals surface area (Å²) < 4.78 is 0. The van der Waals surface area contributed by atoms with Crippen LogP contribution in [-0.4, -0.2) is 13.1 Å². The zero-order chi connectivity index (χ0) is 10.3. The minimum absolute atomic E-state index is 0.747. The lowest BCUT2D eigenvalue weighted by Crippen LogP contribution is -2.41. The lowest BCUT2D eigenvalue weighted by atomic mass is 9.70. The molecule has 1 heterocycles. The third-order valence-corrected chi connectivity index (χ3v) is 3.47. The molecular weight excluding hydrogens is 170 g/mol. The second kappa shape index (κ2) is 6.44. The summed E-state index contributed by atoms with van der Waals surface area (Å²) in [6, 6.07) is 0. The fourth-order valence-corrected chi connectivity index (χ4v) is 2.76. The molecule has 0 aromatic carbocycles. The van der Waals surface area contributed by atoms with Crippen molar-refractivity contribution in [2.45, 2.75) is 65.2 Å². The summed E-state index contributed by atoms with van der Waals surface area (Å²) in [5, 5.41) is 3.55. The van der Waals surface area contributed by atoms with Crippen LogP contribution < -0.4 is 5.32 Å². The summed E-state index contributed by atoms with van der Waals surface area (Å²) in [6.07, 6.45) is 11.6. The second-order valence-electron chi connectivity index (χ2n) is 5.05. The molecule has 1 saturated heterocycles. The topological polar surface area (TPSA) is 12.0 Å². The molecule has 2 rings (SSSR count). The van der Waals surface area contributed by atoms with Gasteiger partial charge in [-0.25, -0.2) is 0 Å². The van der Waals surface area contributed by atoms with E-state index in [1.54, 1.807) is 0 Å². The van der Waals surface area contributed by atoms with Crippen molar-refractivity contribution in [3.8, 4) is 0 Å². The first-order valence-corrected chi connectivity index (χ1v) is 6.54. The molecule has 1 saturated carbocycles. The molecule has 0 unspecified atom stereocenters. The molecule has 0 bridgehead atoms. The molecule has 0 amide bonds. The van der Waals surface area contributed by atoms with Crippen molar-refractivity contribution in [1.82, 2.24) is 5.32 Å². The van der Waals surface area contributed by atoms with Crippen molar-refractivity contribution < 1.29 is 0 Å². The minimum atomic E-state index is 0.747. The molecule has 14 heavy (non-hydrogen) atoms. The predicted octanol–water partition coefficient (Wildman–Crippen LogP) is 3.74. The van der Waals surface area contributed by atoms with Crippen LogP contribution in [-0.2, 0) is 0 Å². The van der Waals surface area contributed by atoms with Gasteiger partial charge < -0.3 is 5.32 Å². The van der Waals surface area contributed by atoms with E-state index in [2.05, 4.69) is 19.2 Å². The lowest BCUT2D eigenvalue weighted by Gasteiger charge is -2.40. The lowest BCUT2D eigenvalue weighted by molar-refractivity contribution is 0.140. The zero-order valence-corrected chi connectivity index (χ0v) is 10.1. The number of piperidine rings is 1. The number of hydrogen-bond donors (Lipinski definition) is 1. The Morgan fingerprint density at radius 3 is 2.00 bits per heavy atom. The number of rotatable bonds is 0. The average molecular weight is 197 g/mol. The van der Waals surface area contributed by atoms with Crippen molar-refractivity contribution in [2.24, 2.45) is 5.41 Å². The normalized spacial score (nSPS) is 25.3. The van der Waals surface area contributed by atoms with E-state index < -0.39 is 0 Å². The molecule has 1 aliphatic carbocycles. The highest BCUT2D eigenvalue weighted by molar-refractivity contribution is 4.87. The van der Waals surface area contributed by atoms with Crippen molar-refractivity contribution in [2.75, 3.05) is 13.1 Å². The van der Waals surface area contributed by atoms with Crippen LogP contribution in [0.4, 0.5) is 0 Å². The summed E-state index contributed by atoms with van der Waals surface area (Å²) in [5.41, 5.74) is 0.747. The van der Waals surface area contributed by atoms with Gasteiger partial charge in [0.1, 0.15) is 0 Å². The fourth-order valence-electron chi connectivity index (χ4n) is 2.76. The van der Waals surface area contributed by atoms with E-state index in [-0.39, 0.29) is 0 Å². The smallest absolute Gasteiger partial charge is 0.000781 e. The largest absolute Gasteiger partial charge is 0.316 e. The van der Waals surface area contributed by atoms with Gasteiger partial charge in [0.15, 0.2) is 0 Å². The standard InChI is InChI=1S/C10H19N.C3H8/c1-2-5-10(6-3-1)7-4-8-11-9-10;1-3-2/h11H,1-9H2;3H2,1-2H3. The fraction of sp³-hybridized carbons (Fsp3) is 1.00. The van der Waals surface area contributed by atoms with E-state index in [1.807, 2.05) is 0 Å². The molecule has 1 nitrogen and oxygen atoms in total. The Bertz CT molecular complexity index is 111. The molecule has 2 fully saturated rings. The van der Waals surface area contributed by atoms with Gasteiger partial charge >= 0.3 is 0 Å². The van der Waals surface area contributed by atoms with Crippen molar-refractivity contribution in [3.63, 3.8) is 0 Å². The van der Waals surface area contributed by atoms with Gasteiger partial charge in [-0.15, -0.1) is 0 Å². The maximum Gasteiger partial charge on any atom is 0.000781 e. The van der Waals surface area contributed by atoms with Gasteiger partial charge in [0.25, 0.3) is 0 Å². The van der Waals surface area contributed by atoms with Crippen LogP contribution >= 0.6 is 0 Å². The van der Waals surface area contributed by atoms with Crippen LogP contribution in [0.25, 0.3) is 0 Å². The van der Waals surface area contributed by atoms with E-state index in [0.717, 1.165) is 5.41 Å². The molecule has 84 valence electrons. The number of hydrogen-bond acceptors (Lipinski definition) is 1. The molecule has 2 aliphatic rings. The molecule has 1 heteroatoms. The Balaban J connectivity index is 0.000000293. The van der Waals surface area contributed by atoms with Gasteiger partial charge in [-0.2, -0.15) is 0 Å². The molecule has 0 atom stereocenters. The van der Waals surface area contributed by atoms with E-state index in [0.29, 0.717) is 0 Å². The van der Waals surface area contributed by atoms with Crippen LogP contribution in [0.3, 0.4) is 0 Å². The van der Waals surface area contributed by atoms with E-state index in [1.165, 1.54) is 64.5 Å². The molecule has 0 radical (unpaired) electrons. The quantitative estimate of drug-likeness (QED) is 0.624. The van der Waals surface area contributed by atoms with Crippen molar-refractivity contribution >= 4 is 0 Å². The Kier molecular flexibility index (Phi) is 5.54. The van der Waals surface area contributed by atoms with Gasteiger partial charge in [-0.3, -0.25) is 0 Å². The van der Waals surface area contributed by atoms with E-state index in [4.69, 9.17) is 0 Å². The minimum Gasteiger partial charge on any atom is -0.316 e. The molecular formula is C13H27N. The maximum absolute atomic E-state index is 3.55. The average Bonchev–Trinajstić information content (AvgIpc) is 2.21. The third kappa shape index (κ3) is 3.61. The summed E-state index contributed by atoms with van der Waals surface area (Å²) in [4.78, 5) is 0. The first-order chi connectivity index (χ1) is 6.83. The monoisotopic (exact) mass is 197 g/mol. The van der Waals surface area contributed by atoms with Gasteiger partial charge in [-0.1, -0.05) is 39.5 Å². The highest BCUT2D eigenvalue weighted by atomic mass is 14.9. The van der Waals surface area contributed by atoms with Crippen molar-refractivity contribution in [3.05, 3.63) is 0 Å². The van der Waals surface area contributed by atoms with E-state index >= 15 is 0 Å². The Labute approximate surface area is 89.7 Å². The Morgan fingerprint density at radius 1 is 0.929 bits per heavy atom. The highest BCUT2D eigenvalue weighted by Gasteiger charge is 2.32. The van der Waals surface area contributed by atoms with Crippen LogP contribution in [0.2, 0.25) is 0 Å². The molecule has 1 aliphatic heterocycles. The van der Waals surface area contributed by atoms with Gasteiger partial charge in [0.05, 0.1) is 0 Å². The molecule has 1 N–H and O–H groups in total. The molecule has 0 aromatic rings. The van der Waals surface area contributed by atoms with Crippen molar-refractivity contribution in [1.29, 1.82) is 0 Å². The zero-order valence-electron chi connectivity index (χ0n) is 10.1. The first kappa shape index (κ1) is 12.0. The maximum atomic E-state index is 3.55. The van der Waals surface area contributed by atoms with E-state index in [9.17, 15) is 0 Å². The van der Waals surface area contributed by atoms with Crippen LogP contribution in [0.15, 0.2) is 0 Å². The molecule has 1 spiro atoms. The Morgan fingerprint density at radius 2 is 1.50 bits per heavy atom. The Hall–Kier alpha value is -0.0400. The predicted molar refractivity (Wildman–Crippen MR) is 63.6 cm³/mol. The summed E-state index contributed by atoms with van der Waals surface area (Å²) in [6.45, 7) is 6.83. The first-order valence-electron chi connectivity index (χ1n) is 6.54. The SMILES string of the molecule is C1CCC2(CC1)CCCNC2.CCC. The highest BCUT2D eigenvalue weighted by Crippen LogP contribution is 2.40. The summed E-state index contributed by atoms with van der Waals surface area (Å²) in [7, 11) is 0. The van der Waals surface area contributed by atoms with Gasteiger partial charge in [0.2, 0.25) is 0 Å². The number of nitrogens with one attached hydrogen (secondary N) is 1. The van der Waals surface area contributed by atoms with Gasteiger partial charge in [0, 0.05) is 6.54 Å². The van der Waals surface area contributed by atoms with Crippen LogP contribution in [0.5, 0.6) is 0 Å². The van der Waals surface area contributed by atoms with Crippen LogP contribution in [0, 0.1) is 5.41 Å². The molecule has 0 aromatic heterocycles. The summed E-state index contributed by atoms with van der Waals surface area (Å²) in [5.74, 6) is 0. The third-order valence-electron chi connectivity index (χ3n) is 3.47. The van der Waals surface area contributed by atoms with Gasteiger partial charge in [-0.05, 0) is 37.6 Å². The van der Waals surface area contributed by atoms with Crippen LogP contribution in [0.1, 0.15) is 65.2 Å². The second-order valence-corrected chi connectivity index (χ2v) is 5.05.